The van der Waals surface area contributed by atoms with Crippen LogP contribution in [-0.2, 0) is 11.3 Å². The van der Waals surface area contributed by atoms with Crippen molar-refractivity contribution in [3.63, 3.8) is 0 Å². The van der Waals surface area contributed by atoms with Crippen LogP contribution in [-0.4, -0.2) is 74.9 Å². The third kappa shape index (κ3) is 5.35. The summed E-state index contributed by atoms with van der Waals surface area (Å²) in [5, 5.41) is 11.3. The smallest absolute Gasteiger partial charge is 0.273 e. The number of aromatic nitrogens is 3. The summed E-state index contributed by atoms with van der Waals surface area (Å²) in [6.45, 7) is 4.56. The molecular weight excluding hydrogens is 368 g/mol. The SMILES string of the molecule is O=C(NC1CCCC1)c1cn(C[C@@H]2CCCN2C(=O)CCN2CCCCC2)nn1. The lowest BCUT2D eigenvalue weighted by Crippen LogP contribution is -2.40. The highest BCUT2D eigenvalue weighted by molar-refractivity contribution is 5.92. The van der Waals surface area contributed by atoms with E-state index in [-0.39, 0.29) is 23.9 Å². The van der Waals surface area contributed by atoms with Gasteiger partial charge in [-0.25, -0.2) is 4.68 Å². The Kier molecular flexibility index (Phi) is 6.79. The van der Waals surface area contributed by atoms with Crippen molar-refractivity contribution in [1.29, 1.82) is 0 Å². The maximum absolute atomic E-state index is 12.8. The van der Waals surface area contributed by atoms with Crippen LogP contribution in [0.25, 0.3) is 0 Å². The van der Waals surface area contributed by atoms with E-state index in [1.165, 1.54) is 32.1 Å². The van der Waals surface area contributed by atoms with E-state index in [1.807, 2.05) is 4.90 Å². The zero-order valence-electron chi connectivity index (χ0n) is 17.4. The fourth-order valence-corrected chi connectivity index (χ4v) is 4.97. The van der Waals surface area contributed by atoms with Crippen LogP contribution in [0, 0.1) is 0 Å². The minimum atomic E-state index is -0.135. The quantitative estimate of drug-likeness (QED) is 0.752. The third-order valence-corrected chi connectivity index (χ3v) is 6.65. The molecule has 2 aliphatic heterocycles. The molecule has 1 aromatic heterocycles. The van der Waals surface area contributed by atoms with Crippen LogP contribution in [0.4, 0.5) is 0 Å². The average molecular weight is 403 g/mol. The fraction of sp³-hybridized carbons (Fsp3) is 0.810. The Labute approximate surface area is 173 Å². The van der Waals surface area contributed by atoms with E-state index in [2.05, 4.69) is 20.5 Å². The van der Waals surface area contributed by atoms with Gasteiger partial charge in [0.05, 0.1) is 18.8 Å². The maximum atomic E-state index is 12.8. The Balaban J connectivity index is 1.27. The Hall–Kier alpha value is -1.96. The first-order valence-corrected chi connectivity index (χ1v) is 11.4. The van der Waals surface area contributed by atoms with Crippen molar-refractivity contribution in [2.24, 2.45) is 0 Å². The van der Waals surface area contributed by atoms with Crippen molar-refractivity contribution in [3.8, 4) is 0 Å². The maximum Gasteiger partial charge on any atom is 0.273 e. The number of piperidine rings is 1. The molecule has 0 bridgehead atoms. The van der Waals surface area contributed by atoms with Crippen LogP contribution in [0.2, 0.25) is 0 Å². The molecule has 29 heavy (non-hydrogen) atoms. The van der Waals surface area contributed by atoms with Crippen LogP contribution in [0.5, 0.6) is 0 Å². The minimum absolute atomic E-state index is 0.135. The molecule has 1 aliphatic carbocycles. The molecule has 8 nitrogen and oxygen atoms in total. The van der Waals surface area contributed by atoms with Gasteiger partial charge in [-0.1, -0.05) is 24.5 Å². The fourth-order valence-electron chi connectivity index (χ4n) is 4.97. The number of carbonyl (C=O) groups is 2. The van der Waals surface area contributed by atoms with Crippen LogP contribution in [0.15, 0.2) is 6.20 Å². The van der Waals surface area contributed by atoms with Crippen LogP contribution < -0.4 is 5.32 Å². The molecule has 0 spiro atoms. The molecule has 0 unspecified atom stereocenters. The molecule has 1 aromatic rings. The second-order valence-electron chi connectivity index (χ2n) is 8.82. The average Bonchev–Trinajstić information content (AvgIpc) is 3.49. The lowest BCUT2D eigenvalue weighted by molar-refractivity contribution is -0.132. The first-order valence-electron chi connectivity index (χ1n) is 11.4. The summed E-state index contributed by atoms with van der Waals surface area (Å²) < 4.78 is 1.73. The number of hydrogen-bond acceptors (Lipinski definition) is 5. The molecule has 8 heteroatoms. The number of carbonyl (C=O) groups excluding carboxylic acids is 2. The molecule has 3 aliphatic rings. The van der Waals surface area contributed by atoms with Gasteiger partial charge in [0.15, 0.2) is 5.69 Å². The molecular formula is C21H34N6O2. The molecule has 3 heterocycles. The summed E-state index contributed by atoms with van der Waals surface area (Å²) in [7, 11) is 0. The molecule has 1 atom stereocenters. The third-order valence-electron chi connectivity index (χ3n) is 6.65. The van der Waals surface area contributed by atoms with Crippen molar-refractivity contribution in [3.05, 3.63) is 11.9 Å². The van der Waals surface area contributed by atoms with E-state index >= 15 is 0 Å². The minimum Gasteiger partial charge on any atom is -0.348 e. The van der Waals surface area contributed by atoms with E-state index in [9.17, 15) is 9.59 Å². The van der Waals surface area contributed by atoms with Crippen molar-refractivity contribution < 1.29 is 9.59 Å². The predicted octanol–water partition coefficient (Wildman–Crippen LogP) is 1.82. The highest BCUT2D eigenvalue weighted by atomic mass is 16.2. The first-order chi connectivity index (χ1) is 14.2. The zero-order valence-corrected chi connectivity index (χ0v) is 17.4. The largest absolute Gasteiger partial charge is 0.348 e. The van der Waals surface area contributed by atoms with Crippen LogP contribution in [0.1, 0.15) is 74.7 Å². The molecule has 2 saturated heterocycles. The van der Waals surface area contributed by atoms with Crippen molar-refractivity contribution >= 4 is 11.8 Å². The second kappa shape index (κ2) is 9.69. The van der Waals surface area contributed by atoms with E-state index in [1.54, 1.807) is 10.9 Å². The molecule has 0 aromatic carbocycles. The number of rotatable bonds is 7. The molecule has 3 fully saturated rings. The molecule has 0 radical (unpaired) electrons. The first kappa shape index (κ1) is 20.3. The van der Waals surface area contributed by atoms with Gasteiger partial charge in [-0.3, -0.25) is 9.59 Å². The Bertz CT molecular complexity index is 693. The molecule has 1 saturated carbocycles. The van der Waals surface area contributed by atoms with Gasteiger partial charge < -0.3 is 15.1 Å². The predicted molar refractivity (Wildman–Crippen MR) is 109 cm³/mol. The van der Waals surface area contributed by atoms with Crippen LogP contribution >= 0.6 is 0 Å². The highest BCUT2D eigenvalue weighted by Crippen LogP contribution is 2.21. The van der Waals surface area contributed by atoms with Gasteiger partial charge in [0, 0.05) is 25.6 Å². The monoisotopic (exact) mass is 402 g/mol. The van der Waals surface area contributed by atoms with E-state index in [0.29, 0.717) is 18.7 Å². The summed E-state index contributed by atoms with van der Waals surface area (Å²) in [4.78, 5) is 29.6. The van der Waals surface area contributed by atoms with Crippen molar-refractivity contribution in [2.45, 2.75) is 82.8 Å². The van der Waals surface area contributed by atoms with E-state index < -0.39 is 0 Å². The highest BCUT2D eigenvalue weighted by Gasteiger charge is 2.29. The lowest BCUT2D eigenvalue weighted by Gasteiger charge is -2.28. The van der Waals surface area contributed by atoms with Crippen LogP contribution in [0.3, 0.4) is 0 Å². The lowest BCUT2D eigenvalue weighted by atomic mass is 10.1. The molecule has 2 amide bonds. The number of likely N-dealkylation sites (tertiary alicyclic amines) is 2. The Morgan fingerprint density at radius 1 is 1.00 bits per heavy atom. The zero-order chi connectivity index (χ0) is 20.1. The van der Waals surface area contributed by atoms with Gasteiger partial charge >= 0.3 is 0 Å². The topological polar surface area (TPSA) is 83.4 Å². The van der Waals surface area contributed by atoms with Gasteiger partial charge in [0.2, 0.25) is 5.91 Å². The van der Waals surface area contributed by atoms with Crippen molar-refractivity contribution in [2.75, 3.05) is 26.2 Å². The summed E-state index contributed by atoms with van der Waals surface area (Å²) in [5.41, 5.74) is 0.373. The molecule has 4 rings (SSSR count). The summed E-state index contributed by atoms with van der Waals surface area (Å²) in [6, 6.07) is 0.423. The Morgan fingerprint density at radius 2 is 1.79 bits per heavy atom. The van der Waals surface area contributed by atoms with E-state index in [0.717, 1.165) is 51.9 Å². The summed E-state index contributed by atoms with van der Waals surface area (Å²) >= 11 is 0. The van der Waals surface area contributed by atoms with Gasteiger partial charge in [-0.2, -0.15) is 0 Å². The number of nitrogens with one attached hydrogen (secondary N) is 1. The van der Waals surface area contributed by atoms with Gasteiger partial charge in [0.1, 0.15) is 0 Å². The molecule has 1 N–H and O–H groups in total. The summed E-state index contributed by atoms with van der Waals surface area (Å²) in [5.74, 6) is 0.112. The Morgan fingerprint density at radius 3 is 2.59 bits per heavy atom. The second-order valence-corrected chi connectivity index (χ2v) is 8.82. The van der Waals surface area contributed by atoms with E-state index in [4.69, 9.17) is 0 Å². The number of nitrogens with zero attached hydrogens (tertiary/aromatic N) is 5. The number of amides is 2. The van der Waals surface area contributed by atoms with Gasteiger partial charge in [0.25, 0.3) is 5.91 Å². The van der Waals surface area contributed by atoms with Gasteiger partial charge in [-0.05, 0) is 51.6 Å². The number of hydrogen-bond donors (Lipinski definition) is 1. The van der Waals surface area contributed by atoms with Gasteiger partial charge in [-0.15, -0.1) is 5.10 Å². The summed E-state index contributed by atoms with van der Waals surface area (Å²) in [6.07, 6.45) is 12.6. The van der Waals surface area contributed by atoms with Crippen molar-refractivity contribution in [1.82, 2.24) is 30.1 Å². The standard InChI is InChI=1S/C21H34N6O2/c28-20(10-14-25-11-4-1-5-12-25)27-13-6-9-18(27)15-26-16-19(23-24-26)21(29)22-17-7-2-3-8-17/h16-18H,1-15H2,(H,22,29)/t18-/m0/s1. The normalized spacial score (nSPS) is 23.6. The molecule has 160 valence electrons.